The second-order valence-corrected chi connectivity index (χ2v) is 8.27. The maximum absolute atomic E-state index is 14.5. The molecule has 1 saturated carbocycles. The van der Waals surface area contributed by atoms with E-state index in [4.69, 9.17) is 0 Å². The molecule has 144 valence electrons. The van der Waals surface area contributed by atoms with Crippen LogP contribution < -0.4 is 10.3 Å². The average Bonchev–Trinajstić information content (AvgIpc) is 3.12. The molecule has 0 spiro atoms. The summed E-state index contributed by atoms with van der Waals surface area (Å²) in [7, 11) is 0. The fraction of sp³-hybridized carbons (Fsp3) is 0.500. The number of rotatable bonds is 6. The number of carbonyl (C=O) groups excluding carboxylic acids is 2. The van der Waals surface area contributed by atoms with Crippen LogP contribution in [0.15, 0.2) is 21.7 Å². The summed E-state index contributed by atoms with van der Waals surface area (Å²) in [6, 6.07) is 2.32. The molecular weight excluding hydrogens is 422 g/mol. The Labute approximate surface area is 163 Å². The van der Waals surface area contributed by atoms with Gasteiger partial charge in [-0.3, -0.25) is 20.0 Å². The van der Waals surface area contributed by atoms with Crippen LogP contribution in [0.25, 0.3) is 0 Å². The minimum Gasteiger partial charge on any atom is -0.301 e. The van der Waals surface area contributed by atoms with Gasteiger partial charge in [0, 0.05) is 17.4 Å². The molecule has 1 aliphatic carbocycles. The van der Waals surface area contributed by atoms with Gasteiger partial charge in [0.05, 0.1) is 5.54 Å². The van der Waals surface area contributed by atoms with Crippen LogP contribution in [-0.2, 0) is 9.59 Å². The monoisotopic (exact) mass is 440 g/mol. The molecule has 3 aliphatic rings. The SMILES string of the molecule is O=CC1NN=C(C[C@@H]2CCN(C3(C=O)CC3)C2)N1c1c(F)cc(Br)cc1F. The Morgan fingerprint density at radius 3 is 2.59 bits per heavy atom. The van der Waals surface area contributed by atoms with Crippen molar-refractivity contribution in [2.24, 2.45) is 11.0 Å². The predicted molar refractivity (Wildman–Crippen MR) is 99.3 cm³/mol. The number of nitrogens with one attached hydrogen (secondary N) is 1. The Bertz CT molecular complexity index is 792. The molecule has 1 N–H and O–H groups in total. The second kappa shape index (κ2) is 6.94. The number of likely N-dealkylation sites (tertiary alicyclic amines) is 1. The number of aldehydes is 2. The van der Waals surface area contributed by atoms with Crippen LogP contribution in [0.5, 0.6) is 0 Å². The van der Waals surface area contributed by atoms with E-state index in [1.54, 1.807) is 0 Å². The lowest BCUT2D eigenvalue weighted by atomic mass is 10.0. The fourth-order valence-corrected chi connectivity index (χ4v) is 4.38. The highest BCUT2D eigenvalue weighted by Crippen LogP contribution is 2.43. The van der Waals surface area contributed by atoms with E-state index in [9.17, 15) is 18.4 Å². The molecule has 2 fully saturated rings. The van der Waals surface area contributed by atoms with Crippen molar-refractivity contribution < 1.29 is 18.4 Å². The van der Waals surface area contributed by atoms with Crippen LogP contribution in [0.3, 0.4) is 0 Å². The lowest BCUT2D eigenvalue weighted by Crippen LogP contribution is -2.43. The lowest BCUT2D eigenvalue weighted by molar-refractivity contribution is -0.113. The van der Waals surface area contributed by atoms with Crippen molar-refractivity contribution in [1.29, 1.82) is 0 Å². The Morgan fingerprint density at radius 1 is 1.30 bits per heavy atom. The third-order valence-electron chi connectivity index (χ3n) is 5.60. The van der Waals surface area contributed by atoms with E-state index in [1.807, 2.05) is 0 Å². The van der Waals surface area contributed by atoms with Gasteiger partial charge in [-0.15, -0.1) is 0 Å². The van der Waals surface area contributed by atoms with Crippen LogP contribution in [0.2, 0.25) is 0 Å². The quantitative estimate of drug-likeness (QED) is 0.688. The van der Waals surface area contributed by atoms with Crippen molar-refractivity contribution in [3.63, 3.8) is 0 Å². The zero-order chi connectivity index (χ0) is 19.2. The number of benzene rings is 1. The third-order valence-corrected chi connectivity index (χ3v) is 6.06. The summed E-state index contributed by atoms with van der Waals surface area (Å²) >= 11 is 3.06. The van der Waals surface area contributed by atoms with Gasteiger partial charge in [0.1, 0.15) is 17.8 Å². The standard InChI is InChI=1S/C18H19BrF2N4O2/c19-12-6-13(20)17(14(21)7-12)25-15(22-23-16(25)9-26)5-11-1-4-24(8-11)18(10-27)2-3-18/h6-7,9-11,16,23H,1-5,8H2/t11-,16?/m0/s1. The van der Waals surface area contributed by atoms with Gasteiger partial charge in [-0.2, -0.15) is 5.10 Å². The van der Waals surface area contributed by atoms with Crippen LogP contribution in [0, 0.1) is 17.6 Å². The first kappa shape index (κ1) is 18.5. The molecule has 2 atom stereocenters. The molecule has 1 aromatic carbocycles. The van der Waals surface area contributed by atoms with Gasteiger partial charge in [-0.05, 0) is 43.9 Å². The first-order valence-corrected chi connectivity index (χ1v) is 9.69. The number of hydrogen-bond donors (Lipinski definition) is 1. The Morgan fingerprint density at radius 2 is 2.00 bits per heavy atom. The average molecular weight is 441 g/mol. The van der Waals surface area contributed by atoms with Crippen molar-refractivity contribution in [2.75, 3.05) is 18.0 Å². The van der Waals surface area contributed by atoms with Gasteiger partial charge in [0.2, 0.25) is 0 Å². The van der Waals surface area contributed by atoms with Crippen molar-refractivity contribution in [1.82, 2.24) is 10.3 Å². The van der Waals surface area contributed by atoms with Crippen LogP contribution >= 0.6 is 15.9 Å². The first-order chi connectivity index (χ1) is 13.0. The van der Waals surface area contributed by atoms with Crippen molar-refractivity contribution >= 4 is 40.0 Å². The number of amidine groups is 1. The number of hydrazone groups is 1. The number of hydrogen-bond acceptors (Lipinski definition) is 6. The van der Waals surface area contributed by atoms with Crippen molar-refractivity contribution in [2.45, 2.75) is 37.4 Å². The molecule has 2 aliphatic heterocycles. The molecule has 27 heavy (non-hydrogen) atoms. The minimum absolute atomic E-state index is 0.206. The van der Waals surface area contributed by atoms with E-state index in [2.05, 4.69) is 31.4 Å². The lowest BCUT2D eigenvalue weighted by Gasteiger charge is -2.26. The highest BCUT2D eigenvalue weighted by Gasteiger charge is 2.50. The smallest absolute Gasteiger partial charge is 0.177 e. The van der Waals surface area contributed by atoms with Gasteiger partial charge in [-0.25, -0.2) is 8.78 Å². The molecule has 6 nitrogen and oxygen atoms in total. The zero-order valence-electron chi connectivity index (χ0n) is 14.5. The van der Waals surface area contributed by atoms with E-state index in [0.29, 0.717) is 18.5 Å². The summed E-state index contributed by atoms with van der Waals surface area (Å²) < 4.78 is 29.2. The van der Waals surface area contributed by atoms with E-state index in [-0.39, 0.29) is 21.6 Å². The summed E-state index contributed by atoms with van der Waals surface area (Å²) in [5.41, 5.74) is 2.05. The van der Waals surface area contributed by atoms with Crippen molar-refractivity contribution in [3.05, 3.63) is 28.2 Å². The number of nitrogens with zero attached hydrogens (tertiary/aromatic N) is 3. The molecule has 0 aromatic heterocycles. The summed E-state index contributed by atoms with van der Waals surface area (Å²) in [6.07, 6.45) is 3.78. The molecule has 1 aromatic rings. The maximum atomic E-state index is 14.5. The summed E-state index contributed by atoms with van der Waals surface area (Å²) in [4.78, 5) is 26.2. The minimum atomic E-state index is -0.951. The molecule has 4 rings (SSSR count). The maximum Gasteiger partial charge on any atom is 0.177 e. The Hall–Kier alpha value is -1.87. The summed E-state index contributed by atoms with van der Waals surface area (Å²) in [5.74, 6) is -0.903. The highest BCUT2D eigenvalue weighted by molar-refractivity contribution is 9.10. The topological polar surface area (TPSA) is 65.0 Å². The van der Waals surface area contributed by atoms with E-state index in [1.165, 1.54) is 4.90 Å². The first-order valence-electron chi connectivity index (χ1n) is 8.90. The number of halogens is 3. The molecule has 0 radical (unpaired) electrons. The van der Waals surface area contributed by atoms with E-state index in [0.717, 1.165) is 50.8 Å². The van der Waals surface area contributed by atoms with Crippen molar-refractivity contribution in [3.8, 4) is 0 Å². The zero-order valence-corrected chi connectivity index (χ0v) is 16.1. The Balaban J connectivity index is 1.54. The molecular formula is C18H19BrF2N4O2. The van der Waals surface area contributed by atoms with Crippen LogP contribution in [-0.4, -0.2) is 48.1 Å². The molecule has 0 amide bonds. The Kier molecular flexibility index (Phi) is 4.75. The largest absolute Gasteiger partial charge is 0.301 e. The second-order valence-electron chi connectivity index (χ2n) is 7.35. The fourth-order valence-electron chi connectivity index (χ4n) is 3.98. The van der Waals surface area contributed by atoms with Gasteiger partial charge in [-0.1, -0.05) is 15.9 Å². The molecule has 1 unspecified atom stereocenters. The van der Waals surface area contributed by atoms with Crippen LogP contribution in [0.4, 0.5) is 14.5 Å². The highest BCUT2D eigenvalue weighted by atomic mass is 79.9. The number of carbonyl (C=O) groups is 2. The molecule has 9 heteroatoms. The molecule has 0 bridgehead atoms. The van der Waals surface area contributed by atoms with E-state index < -0.39 is 17.8 Å². The normalized spacial score (nSPS) is 26.6. The van der Waals surface area contributed by atoms with E-state index >= 15 is 0 Å². The van der Waals surface area contributed by atoms with Gasteiger partial charge in [0.25, 0.3) is 0 Å². The predicted octanol–water partition coefficient (Wildman–Crippen LogP) is 2.42. The third kappa shape index (κ3) is 3.27. The summed E-state index contributed by atoms with van der Waals surface area (Å²) in [6.45, 7) is 1.56. The summed E-state index contributed by atoms with van der Waals surface area (Å²) in [5, 5.41) is 4.17. The molecule has 1 saturated heterocycles. The van der Waals surface area contributed by atoms with Gasteiger partial charge in [0.15, 0.2) is 24.1 Å². The number of anilines is 1. The van der Waals surface area contributed by atoms with Crippen LogP contribution in [0.1, 0.15) is 25.7 Å². The van der Waals surface area contributed by atoms with Gasteiger partial charge < -0.3 is 4.79 Å². The van der Waals surface area contributed by atoms with Gasteiger partial charge >= 0.3 is 0 Å². The molecule has 2 heterocycles.